The third-order valence-corrected chi connectivity index (χ3v) is 6.58. The van der Waals surface area contributed by atoms with Crippen LogP contribution in [0.1, 0.15) is 24.5 Å². The smallest absolute Gasteiger partial charge is 0.307 e. The van der Waals surface area contributed by atoms with Crippen LogP contribution in [0.5, 0.6) is 0 Å². The average molecular weight is 448 g/mol. The van der Waals surface area contributed by atoms with Crippen LogP contribution in [-0.4, -0.2) is 31.8 Å². The number of nitrogens with zero attached hydrogens (tertiary/aromatic N) is 1. The van der Waals surface area contributed by atoms with Crippen molar-refractivity contribution in [2.75, 3.05) is 13.2 Å². The second-order valence-corrected chi connectivity index (χ2v) is 8.76. The van der Waals surface area contributed by atoms with Crippen LogP contribution < -0.4 is 0 Å². The minimum Gasteiger partial charge on any atom is -0.466 e. The van der Waals surface area contributed by atoms with Crippen LogP contribution in [0.4, 0.5) is 4.39 Å². The van der Waals surface area contributed by atoms with Crippen LogP contribution in [0, 0.1) is 12.7 Å². The summed E-state index contributed by atoms with van der Waals surface area (Å²) in [6.07, 6.45) is -0.144. The summed E-state index contributed by atoms with van der Waals surface area (Å²) < 4.78 is 45.9. The highest BCUT2D eigenvalue weighted by Gasteiger charge is 2.27. The van der Waals surface area contributed by atoms with Gasteiger partial charge in [-0.25, -0.2) is 12.8 Å². The number of esters is 1. The van der Waals surface area contributed by atoms with Gasteiger partial charge in [0.25, 0.3) is 0 Å². The standard InChI is InChI=1S/C19H20Cl2FNO4S/c1-3-27-19(24)9-10-23(12-15-16(20)5-4-6-17(15)21)28(25,26)14-7-8-18(22)13(2)11-14/h4-8,11H,3,9-10,12H2,1-2H3. The van der Waals surface area contributed by atoms with Gasteiger partial charge in [0.15, 0.2) is 0 Å². The van der Waals surface area contributed by atoms with Crippen molar-refractivity contribution in [2.45, 2.75) is 31.7 Å². The molecule has 0 aliphatic heterocycles. The summed E-state index contributed by atoms with van der Waals surface area (Å²) in [4.78, 5) is 11.7. The Kier molecular flexibility index (Phi) is 7.83. The van der Waals surface area contributed by atoms with Crippen LogP contribution in [0.2, 0.25) is 10.0 Å². The predicted molar refractivity (Wildman–Crippen MR) is 106 cm³/mol. The second kappa shape index (κ2) is 9.69. The van der Waals surface area contributed by atoms with Crippen molar-refractivity contribution in [1.82, 2.24) is 4.31 Å². The highest BCUT2D eigenvalue weighted by molar-refractivity contribution is 7.89. The minimum atomic E-state index is -4.04. The van der Waals surface area contributed by atoms with E-state index in [0.717, 1.165) is 10.4 Å². The molecule has 2 rings (SSSR count). The summed E-state index contributed by atoms with van der Waals surface area (Å²) in [5.41, 5.74) is 0.610. The SMILES string of the molecule is CCOC(=O)CCN(Cc1c(Cl)cccc1Cl)S(=O)(=O)c1ccc(F)c(C)c1. The maximum atomic E-state index is 13.6. The van der Waals surface area contributed by atoms with E-state index in [0.29, 0.717) is 15.6 Å². The van der Waals surface area contributed by atoms with Gasteiger partial charge in [-0.2, -0.15) is 4.31 Å². The number of rotatable bonds is 8. The van der Waals surface area contributed by atoms with Gasteiger partial charge in [-0.1, -0.05) is 29.3 Å². The molecule has 152 valence electrons. The largest absolute Gasteiger partial charge is 0.466 e. The Balaban J connectivity index is 2.41. The molecule has 0 aliphatic carbocycles. The second-order valence-electron chi connectivity index (χ2n) is 6.00. The topological polar surface area (TPSA) is 63.7 Å². The van der Waals surface area contributed by atoms with Gasteiger partial charge in [-0.3, -0.25) is 4.79 Å². The van der Waals surface area contributed by atoms with Crippen molar-refractivity contribution in [3.8, 4) is 0 Å². The van der Waals surface area contributed by atoms with Gasteiger partial charge in [0.2, 0.25) is 10.0 Å². The van der Waals surface area contributed by atoms with E-state index in [4.69, 9.17) is 27.9 Å². The number of aryl methyl sites for hydroxylation is 1. The monoisotopic (exact) mass is 447 g/mol. The quantitative estimate of drug-likeness (QED) is 0.555. The molecular formula is C19H20Cl2FNO4S. The van der Waals surface area contributed by atoms with Gasteiger partial charge < -0.3 is 4.74 Å². The van der Waals surface area contributed by atoms with Crippen molar-refractivity contribution in [2.24, 2.45) is 0 Å². The van der Waals surface area contributed by atoms with Crippen LogP contribution >= 0.6 is 23.2 Å². The molecule has 0 aromatic heterocycles. The molecule has 0 unspecified atom stereocenters. The first-order valence-electron chi connectivity index (χ1n) is 8.51. The van der Waals surface area contributed by atoms with Crippen LogP contribution in [0.3, 0.4) is 0 Å². The molecule has 0 amide bonds. The van der Waals surface area contributed by atoms with Crippen molar-refractivity contribution in [3.63, 3.8) is 0 Å². The van der Waals surface area contributed by atoms with Crippen LogP contribution in [-0.2, 0) is 26.1 Å². The molecule has 5 nitrogen and oxygen atoms in total. The number of benzene rings is 2. The molecule has 2 aromatic carbocycles. The zero-order chi connectivity index (χ0) is 20.9. The highest BCUT2D eigenvalue weighted by atomic mass is 35.5. The Labute approximate surface area is 174 Å². The molecule has 28 heavy (non-hydrogen) atoms. The molecule has 0 saturated heterocycles. The number of hydrogen-bond donors (Lipinski definition) is 0. The first kappa shape index (κ1) is 22.6. The van der Waals surface area contributed by atoms with E-state index in [-0.39, 0.29) is 36.6 Å². The van der Waals surface area contributed by atoms with Gasteiger partial charge in [0.05, 0.1) is 17.9 Å². The fourth-order valence-electron chi connectivity index (χ4n) is 2.52. The molecule has 0 radical (unpaired) electrons. The van der Waals surface area contributed by atoms with Gasteiger partial charge in [-0.15, -0.1) is 0 Å². The molecule has 0 heterocycles. The van der Waals surface area contributed by atoms with E-state index in [1.807, 2.05) is 0 Å². The zero-order valence-electron chi connectivity index (χ0n) is 15.4. The normalized spacial score (nSPS) is 11.6. The number of carbonyl (C=O) groups excluding carboxylic acids is 1. The van der Waals surface area contributed by atoms with Crippen molar-refractivity contribution in [1.29, 1.82) is 0 Å². The maximum absolute atomic E-state index is 13.6. The molecule has 0 atom stereocenters. The van der Waals surface area contributed by atoms with E-state index >= 15 is 0 Å². The van der Waals surface area contributed by atoms with Gasteiger partial charge in [0.1, 0.15) is 5.82 Å². The summed E-state index contributed by atoms with van der Waals surface area (Å²) in [5, 5.41) is 0.609. The lowest BCUT2D eigenvalue weighted by Gasteiger charge is -2.23. The summed E-state index contributed by atoms with van der Waals surface area (Å²) >= 11 is 12.4. The van der Waals surface area contributed by atoms with E-state index in [9.17, 15) is 17.6 Å². The lowest BCUT2D eigenvalue weighted by Crippen LogP contribution is -2.33. The number of sulfonamides is 1. The average Bonchev–Trinajstić information content (AvgIpc) is 2.63. The van der Waals surface area contributed by atoms with Crippen molar-refractivity contribution >= 4 is 39.2 Å². The van der Waals surface area contributed by atoms with Crippen molar-refractivity contribution in [3.05, 3.63) is 63.4 Å². The fourth-order valence-corrected chi connectivity index (χ4v) is 4.53. The molecule has 0 spiro atoms. The summed E-state index contributed by atoms with van der Waals surface area (Å²) in [6, 6.07) is 8.37. The molecular weight excluding hydrogens is 428 g/mol. The Hall–Kier alpha value is -1.67. The Morgan fingerprint density at radius 1 is 1.18 bits per heavy atom. The van der Waals surface area contributed by atoms with Crippen LogP contribution in [0.15, 0.2) is 41.3 Å². The molecule has 0 bridgehead atoms. The lowest BCUT2D eigenvalue weighted by molar-refractivity contribution is -0.143. The maximum Gasteiger partial charge on any atom is 0.307 e. The van der Waals surface area contributed by atoms with E-state index in [2.05, 4.69) is 0 Å². The number of ether oxygens (including phenoxy) is 1. The van der Waals surface area contributed by atoms with E-state index in [1.165, 1.54) is 19.1 Å². The summed E-state index contributed by atoms with van der Waals surface area (Å²) in [5.74, 6) is -1.03. The highest BCUT2D eigenvalue weighted by Crippen LogP contribution is 2.28. The molecule has 0 aliphatic rings. The van der Waals surface area contributed by atoms with Crippen molar-refractivity contribution < 1.29 is 22.3 Å². The minimum absolute atomic E-state index is 0.0848. The summed E-state index contributed by atoms with van der Waals surface area (Å²) in [6.45, 7) is 3.05. The third kappa shape index (κ3) is 5.44. The number of carbonyl (C=O) groups is 1. The Morgan fingerprint density at radius 3 is 2.39 bits per heavy atom. The molecule has 2 aromatic rings. The molecule has 0 N–H and O–H groups in total. The van der Waals surface area contributed by atoms with Gasteiger partial charge in [0, 0.05) is 28.7 Å². The lowest BCUT2D eigenvalue weighted by atomic mass is 10.2. The summed E-state index contributed by atoms with van der Waals surface area (Å²) in [7, 11) is -4.04. The van der Waals surface area contributed by atoms with Gasteiger partial charge in [-0.05, 0) is 49.7 Å². The number of halogens is 3. The van der Waals surface area contributed by atoms with Crippen LogP contribution in [0.25, 0.3) is 0 Å². The molecule has 0 fully saturated rings. The molecule has 0 saturated carbocycles. The third-order valence-electron chi connectivity index (χ3n) is 4.03. The Bertz CT molecular complexity index is 946. The first-order valence-corrected chi connectivity index (χ1v) is 10.7. The van der Waals surface area contributed by atoms with E-state index in [1.54, 1.807) is 25.1 Å². The predicted octanol–water partition coefficient (Wildman–Crippen LogP) is 4.59. The Morgan fingerprint density at radius 2 is 1.82 bits per heavy atom. The fraction of sp³-hybridized carbons (Fsp3) is 0.316. The zero-order valence-corrected chi connectivity index (χ0v) is 17.7. The van der Waals surface area contributed by atoms with E-state index < -0.39 is 21.8 Å². The first-order chi connectivity index (χ1) is 13.2. The molecule has 9 heteroatoms. The number of hydrogen-bond acceptors (Lipinski definition) is 4. The van der Waals surface area contributed by atoms with Gasteiger partial charge >= 0.3 is 5.97 Å².